The van der Waals surface area contributed by atoms with E-state index in [4.69, 9.17) is 0 Å². The highest BCUT2D eigenvalue weighted by Crippen LogP contribution is 2.19. The number of benzene rings is 1. The predicted molar refractivity (Wildman–Crippen MR) is 61.8 cm³/mol. The molecule has 2 nitrogen and oxygen atoms in total. The van der Waals surface area contributed by atoms with Crippen molar-refractivity contribution in [2.24, 2.45) is 0 Å². The first-order valence-corrected chi connectivity index (χ1v) is 5.67. The Labute approximate surface area is 88.0 Å². The molecule has 0 aliphatic rings. The van der Waals surface area contributed by atoms with E-state index in [-0.39, 0.29) is 0 Å². The lowest BCUT2D eigenvalue weighted by Crippen LogP contribution is -2.23. The summed E-state index contributed by atoms with van der Waals surface area (Å²) in [5.41, 5.74) is 4.37. The van der Waals surface area contributed by atoms with Gasteiger partial charge in [-0.1, -0.05) is 6.07 Å². The molecule has 14 heavy (non-hydrogen) atoms. The van der Waals surface area contributed by atoms with Crippen LogP contribution >= 0.6 is 11.3 Å². The van der Waals surface area contributed by atoms with Gasteiger partial charge in [0.15, 0.2) is 0 Å². The normalized spacial score (nSPS) is 13.3. The monoisotopic (exact) mass is 206 g/mol. The molecule has 0 amide bonds. The summed E-state index contributed by atoms with van der Waals surface area (Å²) in [4.78, 5) is 4.31. The molecule has 1 atom stereocenters. The first-order valence-electron chi connectivity index (χ1n) is 4.79. The standard InChI is InChI=1S/C11H14N2S/c1-8(12-2)5-9-3-4-11-10(6-9)13-7-14-11/h3-4,6-8,12H,5H2,1-2H3. The van der Waals surface area contributed by atoms with Gasteiger partial charge in [0.25, 0.3) is 0 Å². The minimum Gasteiger partial charge on any atom is -0.317 e. The molecule has 0 spiro atoms. The fourth-order valence-electron chi connectivity index (χ4n) is 1.49. The van der Waals surface area contributed by atoms with Crippen LogP contribution in [-0.2, 0) is 6.42 Å². The lowest BCUT2D eigenvalue weighted by molar-refractivity contribution is 0.609. The number of nitrogens with one attached hydrogen (secondary N) is 1. The van der Waals surface area contributed by atoms with E-state index in [1.54, 1.807) is 11.3 Å². The van der Waals surface area contributed by atoms with Crippen molar-refractivity contribution in [1.29, 1.82) is 0 Å². The topological polar surface area (TPSA) is 24.9 Å². The van der Waals surface area contributed by atoms with E-state index in [2.05, 4.69) is 35.4 Å². The quantitative estimate of drug-likeness (QED) is 0.834. The minimum absolute atomic E-state index is 0.520. The van der Waals surface area contributed by atoms with Crippen molar-refractivity contribution >= 4 is 21.6 Å². The Morgan fingerprint density at radius 3 is 3.14 bits per heavy atom. The van der Waals surface area contributed by atoms with Crippen LogP contribution in [0.2, 0.25) is 0 Å². The molecule has 0 radical (unpaired) electrons. The summed E-state index contributed by atoms with van der Waals surface area (Å²) in [5.74, 6) is 0. The third-order valence-corrected chi connectivity index (χ3v) is 3.24. The number of fused-ring (bicyclic) bond motifs is 1. The van der Waals surface area contributed by atoms with Crippen molar-refractivity contribution in [1.82, 2.24) is 10.3 Å². The average Bonchev–Trinajstić information content (AvgIpc) is 2.64. The maximum atomic E-state index is 4.31. The molecular formula is C11H14N2S. The van der Waals surface area contributed by atoms with Gasteiger partial charge in [0.1, 0.15) is 0 Å². The molecule has 0 bridgehead atoms. The molecule has 0 saturated heterocycles. The Morgan fingerprint density at radius 1 is 1.50 bits per heavy atom. The van der Waals surface area contributed by atoms with Crippen LogP contribution < -0.4 is 5.32 Å². The number of nitrogens with zero attached hydrogens (tertiary/aromatic N) is 1. The van der Waals surface area contributed by atoms with Gasteiger partial charge in [0.05, 0.1) is 15.7 Å². The van der Waals surface area contributed by atoms with Gasteiger partial charge in [0.2, 0.25) is 0 Å². The number of rotatable bonds is 3. The van der Waals surface area contributed by atoms with Crippen molar-refractivity contribution in [3.05, 3.63) is 29.3 Å². The van der Waals surface area contributed by atoms with E-state index >= 15 is 0 Å². The van der Waals surface area contributed by atoms with Crippen LogP contribution in [0, 0.1) is 0 Å². The largest absolute Gasteiger partial charge is 0.317 e. The van der Waals surface area contributed by atoms with E-state index in [9.17, 15) is 0 Å². The molecule has 74 valence electrons. The second kappa shape index (κ2) is 4.07. The zero-order valence-electron chi connectivity index (χ0n) is 8.45. The molecular weight excluding hydrogens is 192 g/mol. The molecule has 0 aliphatic heterocycles. The number of hydrogen-bond acceptors (Lipinski definition) is 3. The lowest BCUT2D eigenvalue weighted by Gasteiger charge is -2.09. The van der Waals surface area contributed by atoms with Gasteiger partial charge >= 0.3 is 0 Å². The summed E-state index contributed by atoms with van der Waals surface area (Å²) in [6, 6.07) is 7.05. The fraction of sp³-hybridized carbons (Fsp3) is 0.364. The van der Waals surface area contributed by atoms with E-state index in [0.717, 1.165) is 11.9 Å². The summed E-state index contributed by atoms with van der Waals surface area (Å²) in [6.07, 6.45) is 1.06. The summed E-state index contributed by atoms with van der Waals surface area (Å²) in [5, 5.41) is 3.24. The Bertz CT molecular complexity index is 422. The number of likely N-dealkylation sites (N-methyl/N-ethyl adjacent to an activating group) is 1. The van der Waals surface area contributed by atoms with Gasteiger partial charge in [0, 0.05) is 6.04 Å². The van der Waals surface area contributed by atoms with Crippen LogP contribution in [-0.4, -0.2) is 18.1 Å². The molecule has 1 heterocycles. The zero-order chi connectivity index (χ0) is 9.97. The van der Waals surface area contributed by atoms with Gasteiger partial charge in [-0.3, -0.25) is 0 Å². The van der Waals surface area contributed by atoms with Gasteiger partial charge < -0.3 is 5.32 Å². The second-order valence-corrected chi connectivity index (χ2v) is 4.43. The second-order valence-electron chi connectivity index (χ2n) is 3.55. The summed E-state index contributed by atoms with van der Waals surface area (Å²) < 4.78 is 1.27. The van der Waals surface area contributed by atoms with Gasteiger partial charge in [-0.25, -0.2) is 4.98 Å². The van der Waals surface area contributed by atoms with Gasteiger partial charge in [-0.15, -0.1) is 11.3 Å². The van der Waals surface area contributed by atoms with Gasteiger partial charge in [-0.2, -0.15) is 0 Å². The number of aromatic nitrogens is 1. The summed E-state index contributed by atoms with van der Waals surface area (Å²) in [6.45, 7) is 2.19. The maximum absolute atomic E-state index is 4.31. The molecule has 0 saturated carbocycles. The molecule has 0 aliphatic carbocycles. The Morgan fingerprint density at radius 2 is 2.36 bits per heavy atom. The summed E-state index contributed by atoms with van der Waals surface area (Å²) in [7, 11) is 1.99. The Hall–Kier alpha value is -0.930. The summed E-state index contributed by atoms with van der Waals surface area (Å²) >= 11 is 1.69. The van der Waals surface area contributed by atoms with E-state index < -0.39 is 0 Å². The molecule has 3 heteroatoms. The van der Waals surface area contributed by atoms with E-state index in [1.807, 2.05) is 12.6 Å². The SMILES string of the molecule is CNC(C)Cc1ccc2scnc2c1. The van der Waals surface area contributed by atoms with Crippen molar-refractivity contribution < 1.29 is 0 Å². The van der Waals surface area contributed by atoms with Crippen LogP contribution in [0.3, 0.4) is 0 Å². The molecule has 1 aromatic heterocycles. The van der Waals surface area contributed by atoms with Crippen LogP contribution in [0.25, 0.3) is 10.2 Å². The number of thiazole rings is 1. The molecule has 1 N–H and O–H groups in total. The Balaban J connectivity index is 2.25. The minimum atomic E-state index is 0.520. The van der Waals surface area contributed by atoms with Crippen molar-refractivity contribution in [2.75, 3.05) is 7.05 Å². The third-order valence-electron chi connectivity index (χ3n) is 2.43. The average molecular weight is 206 g/mol. The van der Waals surface area contributed by atoms with Crippen molar-refractivity contribution in [3.8, 4) is 0 Å². The third kappa shape index (κ3) is 1.94. The van der Waals surface area contributed by atoms with Crippen LogP contribution in [0.4, 0.5) is 0 Å². The van der Waals surface area contributed by atoms with Gasteiger partial charge in [-0.05, 0) is 38.1 Å². The molecule has 2 rings (SSSR count). The van der Waals surface area contributed by atoms with Crippen molar-refractivity contribution in [2.45, 2.75) is 19.4 Å². The molecule has 2 aromatic rings. The van der Waals surface area contributed by atoms with Crippen molar-refractivity contribution in [3.63, 3.8) is 0 Å². The smallest absolute Gasteiger partial charge is 0.0814 e. The first kappa shape index (κ1) is 9.62. The molecule has 0 fully saturated rings. The predicted octanol–water partition coefficient (Wildman–Crippen LogP) is 2.45. The molecule has 1 unspecified atom stereocenters. The van der Waals surface area contributed by atoms with Crippen LogP contribution in [0.15, 0.2) is 23.7 Å². The Kier molecular flexibility index (Phi) is 2.79. The highest BCUT2D eigenvalue weighted by molar-refractivity contribution is 7.16. The van der Waals surface area contributed by atoms with Crippen LogP contribution in [0.5, 0.6) is 0 Å². The van der Waals surface area contributed by atoms with Crippen LogP contribution in [0.1, 0.15) is 12.5 Å². The molecule has 1 aromatic carbocycles. The first-order chi connectivity index (χ1) is 6.79. The highest BCUT2D eigenvalue weighted by atomic mass is 32.1. The van der Waals surface area contributed by atoms with E-state index in [1.165, 1.54) is 10.3 Å². The van der Waals surface area contributed by atoms with E-state index in [0.29, 0.717) is 6.04 Å². The fourth-order valence-corrected chi connectivity index (χ4v) is 2.14. The highest BCUT2D eigenvalue weighted by Gasteiger charge is 2.02. The lowest BCUT2D eigenvalue weighted by atomic mass is 10.1. The number of hydrogen-bond donors (Lipinski definition) is 1. The zero-order valence-corrected chi connectivity index (χ0v) is 9.27. The maximum Gasteiger partial charge on any atom is 0.0814 e.